The Kier molecular flexibility index (Phi) is 7.33. The zero-order valence-electron chi connectivity index (χ0n) is 20.4. The summed E-state index contributed by atoms with van der Waals surface area (Å²) in [5.41, 5.74) is 3.24. The molecule has 0 saturated carbocycles. The van der Waals surface area contributed by atoms with Crippen LogP contribution in [0.25, 0.3) is 10.9 Å². The average molecular weight is 448 g/mol. The quantitative estimate of drug-likeness (QED) is 0.565. The monoisotopic (exact) mass is 447 g/mol. The maximum Gasteiger partial charge on any atom is 0.251 e. The number of rotatable bonds is 8. The molecule has 6 heteroatoms. The van der Waals surface area contributed by atoms with Crippen LogP contribution in [0.3, 0.4) is 0 Å². The second-order valence-corrected chi connectivity index (χ2v) is 9.75. The molecule has 176 valence electrons. The first-order chi connectivity index (χ1) is 15.9. The molecule has 3 heterocycles. The molecular formula is C27H37N5O. The molecule has 0 bridgehead atoms. The number of anilines is 1. The molecule has 3 aromatic rings. The highest BCUT2D eigenvalue weighted by molar-refractivity contribution is 5.98. The molecule has 1 atom stereocenters. The Morgan fingerprint density at radius 3 is 2.55 bits per heavy atom. The number of aryl methyl sites for hydroxylation is 2. The minimum absolute atomic E-state index is 0.00380. The van der Waals surface area contributed by atoms with Crippen LogP contribution < -0.4 is 10.2 Å². The van der Waals surface area contributed by atoms with Crippen LogP contribution in [-0.2, 0) is 13.5 Å². The third-order valence-electron chi connectivity index (χ3n) is 6.64. The molecule has 1 saturated heterocycles. The van der Waals surface area contributed by atoms with E-state index in [1.807, 2.05) is 30.5 Å². The molecule has 33 heavy (non-hydrogen) atoms. The first-order valence-electron chi connectivity index (χ1n) is 12.2. The maximum absolute atomic E-state index is 12.9. The SMILES string of the molecule is CC(C)CCc1cc2cc(C(=O)NC(C)CN3CCN(c4ccccn4)CC3)ccc2n1C. The Balaban J connectivity index is 1.31. The summed E-state index contributed by atoms with van der Waals surface area (Å²) in [7, 11) is 2.12. The van der Waals surface area contributed by atoms with E-state index in [1.54, 1.807) is 0 Å². The fourth-order valence-corrected chi connectivity index (χ4v) is 4.66. The lowest BCUT2D eigenvalue weighted by Gasteiger charge is -2.36. The molecule has 1 aromatic carbocycles. The number of hydrogen-bond acceptors (Lipinski definition) is 4. The van der Waals surface area contributed by atoms with Crippen LogP contribution in [-0.4, -0.2) is 59.1 Å². The summed E-state index contributed by atoms with van der Waals surface area (Å²) in [6.45, 7) is 11.3. The van der Waals surface area contributed by atoms with Gasteiger partial charge in [0.2, 0.25) is 0 Å². The van der Waals surface area contributed by atoms with Gasteiger partial charge < -0.3 is 14.8 Å². The average Bonchev–Trinajstić information content (AvgIpc) is 3.13. The first kappa shape index (κ1) is 23.3. The summed E-state index contributed by atoms with van der Waals surface area (Å²) >= 11 is 0. The van der Waals surface area contributed by atoms with Gasteiger partial charge in [-0.25, -0.2) is 4.98 Å². The van der Waals surface area contributed by atoms with E-state index < -0.39 is 0 Å². The third kappa shape index (κ3) is 5.74. The summed E-state index contributed by atoms with van der Waals surface area (Å²) in [6, 6.07) is 14.4. The molecule has 6 nitrogen and oxygen atoms in total. The Morgan fingerprint density at radius 1 is 1.06 bits per heavy atom. The summed E-state index contributed by atoms with van der Waals surface area (Å²) in [5.74, 6) is 1.73. The van der Waals surface area contributed by atoms with Gasteiger partial charge in [0.25, 0.3) is 5.91 Å². The zero-order chi connectivity index (χ0) is 23.4. The fourth-order valence-electron chi connectivity index (χ4n) is 4.66. The number of benzene rings is 1. The van der Waals surface area contributed by atoms with Crippen molar-refractivity contribution in [3.63, 3.8) is 0 Å². The van der Waals surface area contributed by atoms with E-state index in [0.29, 0.717) is 5.92 Å². The molecule has 1 fully saturated rings. The van der Waals surface area contributed by atoms with E-state index in [4.69, 9.17) is 0 Å². The number of carbonyl (C=O) groups excluding carboxylic acids is 1. The lowest BCUT2D eigenvalue weighted by molar-refractivity contribution is 0.0928. The number of pyridine rings is 1. The molecule has 1 aliphatic rings. The van der Waals surface area contributed by atoms with E-state index in [2.05, 4.69) is 70.7 Å². The number of aromatic nitrogens is 2. The molecule has 0 radical (unpaired) electrons. The van der Waals surface area contributed by atoms with Crippen molar-refractivity contribution in [3.05, 3.63) is 59.9 Å². The second-order valence-electron chi connectivity index (χ2n) is 9.75. The van der Waals surface area contributed by atoms with Gasteiger partial charge in [-0.2, -0.15) is 0 Å². The van der Waals surface area contributed by atoms with Gasteiger partial charge in [0.05, 0.1) is 0 Å². The smallest absolute Gasteiger partial charge is 0.251 e. The molecule has 0 spiro atoms. The molecule has 0 aliphatic carbocycles. The minimum atomic E-state index is 0.00380. The van der Waals surface area contributed by atoms with E-state index >= 15 is 0 Å². The fraction of sp³-hybridized carbons (Fsp3) is 0.481. The van der Waals surface area contributed by atoms with Crippen LogP contribution in [0.1, 0.15) is 43.2 Å². The molecule has 1 aliphatic heterocycles. The van der Waals surface area contributed by atoms with Crippen molar-refractivity contribution in [2.24, 2.45) is 13.0 Å². The van der Waals surface area contributed by atoms with Crippen molar-refractivity contribution in [2.45, 2.75) is 39.7 Å². The summed E-state index contributed by atoms with van der Waals surface area (Å²) in [5, 5.41) is 4.34. The summed E-state index contributed by atoms with van der Waals surface area (Å²) in [6.07, 6.45) is 4.08. The second kappa shape index (κ2) is 10.4. The number of carbonyl (C=O) groups is 1. The van der Waals surface area contributed by atoms with Gasteiger partial charge in [0.15, 0.2) is 0 Å². The van der Waals surface area contributed by atoms with Gasteiger partial charge in [-0.05, 0) is 62.1 Å². The molecule has 1 amide bonds. The minimum Gasteiger partial charge on any atom is -0.354 e. The van der Waals surface area contributed by atoms with Crippen molar-refractivity contribution < 1.29 is 4.79 Å². The molecule has 2 aromatic heterocycles. The van der Waals surface area contributed by atoms with Gasteiger partial charge >= 0.3 is 0 Å². The number of amides is 1. The Morgan fingerprint density at radius 2 is 1.85 bits per heavy atom. The summed E-state index contributed by atoms with van der Waals surface area (Å²) in [4.78, 5) is 22.1. The van der Waals surface area contributed by atoms with Gasteiger partial charge in [0.1, 0.15) is 5.82 Å². The lowest BCUT2D eigenvalue weighted by atomic mass is 10.1. The number of hydrogen-bond donors (Lipinski definition) is 1. The zero-order valence-corrected chi connectivity index (χ0v) is 20.4. The van der Waals surface area contributed by atoms with Crippen LogP contribution in [0.5, 0.6) is 0 Å². The van der Waals surface area contributed by atoms with Crippen molar-refractivity contribution >= 4 is 22.6 Å². The van der Waals surface area contributed by atoms with E-state index in [9.17, 15) is 4.79 Å². The highest BCUT2D eigenvalue weighted by Crippen LogP contribution is 2.22. The topological polar surface area (TPSA) is 53.4 Å². The highest BCUT2D eigenvalue weighted by Gasteiger charge is 2.20. The van der Waals surface area contributed by atoms with Gasteiger partial charge in [0, 0.05) is 74.2 Å². The third-order valence-corrected chi connectivity index (χ3v) is 6.64. The first-order valence-corrected chi connectivity index (χ1v) is 12.2. The normalized spacial score (nSPS) is 15.8. The molecule has 4 rings (SSSR count). The van der Waals surface area contributed by atoms with Gasteiger partial charge in [-0.15, -0.1) is 0 Å². The molecule has 1 unspecified atom stereocenters. The van der Waals surface area contributed by atoms with E-state index in [-0.39, 0.29) is 11.9 Å². The van der Waals surface area contributed by atoms with Crippen molar-refractivity contribution in [1.82, 2.24) is 19.8 Å². The van der Waals surface area contributed by atoms with Crippen LogP contribution in [0.2, 0.25) is 0 Å². The van der Waals surface area contributed by atoms with Crippen molar-refractivity contribution in [3.8, 4) is 0 Å². The molecule has 1 N–H and O–H groups in total. The predicted molar refractivity (Wildman–Crippen MR) is 136 cm³/mol. The van der Waals surface area contributed by atoms with Crippen LogP contribution in [0.15, 0.2) is 48.7 Å². The number of piperazine rings is 1. The largest absolute Gasteiger partial charge is 0.354 e. The highest BCUT2D eigenvalue weighted by atomic mass is 16.1. The Bertz CT molecular complexity index is 1070. The lowest BCUT2D eigenvalue weighted by Crippen LogP contribution is -2.51. The van der Waals surface area contributed by atoms with Gasteiger partial charge in [-0.3, -0.25) is 9.69 Å². The van der Waals surface area contributed by atoms with Crippen molar-refractivity contribution in [1.29, 1.82) is 0 Å². The number of nitrogens with zero attached hydrogens (tertiary/aromatic N) is 4. The molecular weight excluding hydrogens is 410 g/mol. The standard InChI is InChI=1S/C27H37N5O/c1-20(2)8-10-24-18-23-17-22(9-11-25(23)30(24)4)27(33)29-21(3)19-31-13-15-32(16-14-31)26-7-5-6-12-28-26/h5-7,9,11-12,17-18,20-21H,8,10,13-16,19H2,1-4H3,(H,29,33). The summed E-state index contributed by atoms with van der Waals surface area (Å²) < 4.78 is 2.26. The Labute approximate surface area is 197 Å². The van der Waals surface area contributed by atoms with Crippen LogP contribution >= 0.6 is 0 Å². The van der Waals surface area contributed by atoms with E-state index in [0.717, 1.165) is 55.9 Å². The van der Waals surface area contributed by atoms with Gasteiger partial charge in [-0.1, -0.05) is 19.9 Å². The predicted octanol–water partition coefficient (Wildman–Crippen LogP) is 4.10. The number of fused-ring (bicyclic) bond motifs is 1. The Hall–Kier alpha value is -2.86. The number of nitrogens with one attached hydrogen (secondary N) is 1. The van der Waals surface area contributed by atoms with Crippen molar-refractivity contribution in [2.75, 3.05) is 37.6 Å². The van der Waals surface area contributed by atoms with E-state index in [1.165, 1.54) is 17.6 Å². The maximum atomic E-state index is 12.9. The van der Waals surface area contributed by atoms with Crippen LogP contribution in [0.4, 0.5) is 5.82 Å². The van der Waals surface area contributed by atoms with Crippen LogP contribution in [0, 0.1) is 5.92 Å².